The Morgan fingerprint density at radius 2 is 1.87 bits per heavy atom. The van der Waals surface area contributed by atoms with Crippen molar-refractivity contribution in [2.75, 3.05) is 50.7 Å². The number of hydrogen-bond acceptors (Lipinski definition) is 7. The molecule has 160 valence electrons. The predicted octanol–water partition coefficient (Wildman–Crippen LogP) is 2.01. The van der Waals surface area contributed by atoms with E-state index in [1.807, 2.05) is 0 Å². The molecule has 0 amide bonds. The Balaban J connectivity index is 1.49. The Morgan fingerprint density at radius 1 is 1.17 bits per heavy atom. The number of nitrogens with zero attached hydrogens (tertiary/aromatic N) is 6. The van der Waals surface area contributed by atoms with E-state index < -0.39 is 10.5 Å². The summed E-state index contributed by atoms with van der Waals surface area (Å²) in [6, 6.07) is 6.12. The zero-order valence-corrected chi connectivity index (χ0v) is 17.7. The lowest BCUT2D eigenvalue weighted by atomic mass is 10.2. The Labute approximate surface area is 179 Å². The normalized spacial score (nSPS) is 20.6. The molecule has 0 spiro atoms. The highest BCUT2D eigenvalue weighted by Gasteiger charge is 2.31. The highest BCUT2D eigenvalue weighted by molar-refractivity contribution is 6.33. The lowest BCUT2D eigenvalue weighted by molar-refractivity contribution is -0.384. The van der Waals surface area contributed by atoms with Crippen molar-refractivity contribution in [2.24, 2.45) is 0 Å². The molecule has 30 heavy (non-hydrogen) atoms. The van der Waals surface area contributed by atoms with E-state index in [-0.39, 0.29) is 10.7 Å². The molecule has 1 atom stereocenters. The average molecular weight is 433 g/mol. The minimum Gasteiger partial charge on any atom is -0.367 e. The number of hydrogen-bond donors (Lipinski definition) is 0. The van der Waals surface area contributed by atoms with Gasteiger partial charge in [0, 0.05) is 57.4 Å². The molecular formula is C20H25ClN6O3. The van der Waals surface area contributed by atoms with Crippen molar-refractivity contribution in [1.82, 2.24) is 19.6 Å². The van der Waals surface area contributed by atoms with Gasteiger partial charge in [-0.15, -0.1) is 0 Å². The van der Waals surface area contributed by atoms with Gasteiger partial charge in [0.2, 0.25) is 0 Å². The summed E-state index contributed by atoms with van der Waals surface area (Å²) in [5.74, 6) is 0. The molecule has 2 aliphatic rings. The van der Waals surface area contributed by atoms with Crippen molar-refractivity contribution in [1.29, 1.82) is 0 Å². The molecule has 1 unspecified atom stereocenters. The number of rotatable bonds is 5. The van der Waals surface area contributed by atoms with Crippen molar-refractivity contribution >= 4 is 23.0 Å². The molecule has 0 aliphatic carbocycles. The van der Waals surface area contributed by atoms with Crippen LogP contribution in [0.15, 0.2) is 35.3 Å². The van der Waals surface area contributed by atoms with E-state index in [1.54, 1.807) is 6.20 Å². The first-order valence-corrected chi connectivity index (χ1v) is 10.6. The number of likely N-dealkylation sites (N-methyl/N-ethyl adjacent to an activating group) is 1. The fourth-order valence-electron chi connectivity index (χ4n) is 4.25. The number of piperazine rings is 1. The molecule has 2 aliphatic heterocycles. The standard InChI is InChI=1S/C20H25ClN6O3/c1-2-23-9-11-24(12-10-23)17-7-8-25(14-17)18-13-22-26(20(28)19(18)21)15-3-5-16(6-4-15)27(29)30/h3-6,13,17H,2,7-12,14H2,1H3. The van der Waals surface area contributed by atoms with E-state index in [9.17, 15) is 14.9 Å². The summed E-state index contributed by atoms with van der Waals surface area (Å²) in [4.78, 5) is 30.3. The molecule has 0 bridgehead atoms. The van der Waals surface area contributed by atoms with Gasteiger partial charge in [0.25, 0.3) is 11.2 Å². The van der Waals surface area contributed by atoms with Crippen LogP contribution in [-0.4, -0.2) is 76.4 Å². The molecule has 1 aromatic heterocycles. The summed E-state index contributed by atoms with van der Waals surface area (Å²) in [5, 5.41) is 15.2. The van der Waals surface area contributed by atoms with E-state index in [2.05, 4.69) is 26.7 Å². The van der Waals surface area contributed by atoms with Crippen LogP contribution in [0.3, 0.4) is 0 Å². The van der Waals surface area contributed by atoms with Crippen LogP contribution in [0.4, 0.5) is 11.4 Å². The van der Waals surface area contributed by atoms with Crippen molar-refractivity contribution < 1.29 is 4.92 Å². The van der Waals surface area contributed by atoms with Crippen molar-refractivity contribution in [3.8, 4) is 5.69 Å². The molecule has 2 aromatic rings. The summed E-state index contributed by atoms with van der Waals surface area (Å²) in [7, 11) is 0. The monoisotopic (exact) mass is 432 g/mol. The van der Waals surface area contributed by atoms with E-state index in [0.717, 1.165) is 52.2 Å². The van der Waals surface area contributed by atoms with Gasteiger partial charge in [0.05, 0.1) is 22.5 Å². The quantitative estimate of drug-likeness (QED) is 0.527. The number of aromatic nitrogens is 2. The van der Waals surface area contributed by atoms with Crippen molar-refractivity contribution in [3.05, 3.63) is 56.0 Å². The Morgan fingerprint density at radius 3 is 2.50 bits per heavy atom. The van der Waals surface area contributed by atoms with Crippen LogP contribution in [0.25, 0.3) is 5.69 Å². The molecule has 2 fully saturated rings. The molecule has 1 aromatic carbocycles. The predicted molar refractivity (Wildman–Crippen MR) is 116 cm³/mol. The molecule has 10 heteroatoms. The molecule has 3 heterocycles. The molecule has 4 rings (SSSR count). The van der Waals surface area contributed by atoms with Gasteiger partial charge in [0.15, 0.2) is 0 Å². The minimum absolute atomic E-state index is 0.0441. The van der Waals surface area contributed by atoms with Gasteiger partial charge in [-0.05, 0) is 25.1 Å². The topological polar surface area (TPSA) is 87.8 Å². The van der Waals surface area contributed by atoms with Crippen LogP contribution in [-0.2, 0) is 0 Å². The first-order valence-electron chi connectivity index (χ1n) is 10.2. The van der Waals surface area contributed by atoms with E-state index in [4.69, 9.17) is 11.6 Å². The average Bonchev–Trinajstić information content (AvgIpc) is 3.25. The highest BCUT2D eigenvalue weighted by Crippen LogP contribution is 2.28. The zero-order valence-electron chi connectivity index (χ0n) is 16.9. The maximum Gasteiger partial charge on any atom is 0.292 e. The van der Waals surface area contributed by atoms with Gasteiger partial charge in [-0.3, -0.25) is 19.8 Å². The van der Waals surface area contributed by atoms with Gasteiger partial charge < -0.3 is 9.80 Å². The first kappa shape index (κ1) is 20.8. The number of anilines is 1. The SMILES string of the molecule is CCN1CCN(C2CCN(c3cnn(-c4ccc([N+](=O)[O-])cc4)c(=O)c3Cl)C2)CC1. The lowest BCUT2D eigenvalue weighted by Gasteiger charge is -2.37. The molecule has 0 radical (unpaired) electrons. The maximum absolute atomic E-state index is 12.8. The maximum atomic E-state index is 12.8. The highest BCUT2D eigenvalue weighted by atomic mass is 35.5. The van der Waals surface area contributed by atoms with E-state index in [0.29, 0.717) is 17.4 Å². The third-order valence-electron chi connectivity index (χ3n) is 6.08. The lowest BCUT2D eigenvalue weighted by Crippen LogP contribution is -2.50. The van der Waals surface area contributed by atoms with Crippen LogP contribution in [0.1, 0.15) is 13.3 Å². The summed E-state index contributed by atoms with van der Waals surface area (Å²) < 4.78 is 1.17. The van der Waals surface area contributed by atoms with E-state index in [1.165, 1.54) is 28.9 Å². The molecule has 2 saturated heterocycles. The van der Waals surface area contributed by atoms with Crippen LogP contribution in [0.5, 0.6) is 0 Å². The van der Waals surface area contributed by atoms with Gasteiger partial charge in [0.1, 0.15) is 5.02 Å². The Bertz CT molecular complexity index is 971. The zero-order chi connectivity index (χ0) is 21.3. The minimum atomic E-state index is -0.484. The third-order valence-corrected chi connectivity index (χ3v) is 6.44. The summed E-state index contributed by atoms with van der Waals surface area (Å²) in [5.41, 5.74) is 0.613. The Kier molecular flexibility index (Phi) is 6.03. The second kappa shape index (κ2) is 8.71. The number of nitro benzene ring substituents is 1. The van der Waals surface area contributed by atoms with Crippen LogP contribution < -0.4 is 10.5 Å². The van der Waals surface area contributed by atoms with Gasteiger partial charge >= 0.3 is 0 Å². The number of non-ortho nitro benzene ring substituents is 1. The van der Waals surface area contributed by atoms with Crippen LogP contribution >= 0.6 is 11.6 Å². The molecule has 0 saturated carbocycles. The summed E-state index contributed by atoms with van der Waals surface area (Å²) >= 11 is 6.44. The van der Waals surface area contributed by atoms with Crippen LogP contribution in [0, 0.1) is 10.1 Å². The summed E-state index contributed by atoms with van der Waals surface area (Å²) in [6.07, 6.45) is 2.65. The second-order valence-electron chi connectivity index (χ2n) is 7.69. The largest absolute Gasteiger partial charge is 0.367 e. The van der Waals surface area contributed by atoms with Gasteiger partial charge in [-0.25, -0.2) is 0 Å². The van der Waals surface area contributed by atoms with Crippen molar-refractivity contribution in [2.45, 2.75) is 19.4 Å². The summed E-state index contributed by atoms with van der Waals surface area (Å²) in [6.45, 7) is 9.29. The third kappa shape index (κ3) is 4.05. The number of halogens is 1. The van der Waals surface area contributed by atoms with Gasteiger partial charge in [-0.1, -0.05) is 18.5 Å². The van der Waals surface area contributed by atoms with Crippen molar-refractivity contribution in [3.63, 3.8) is 0 Å². The fourth-order valence-corrected chi connectivity index (χ4v) is 4.50. The van der Waals surface area contributed by atoms with Crippen LogP contribution in [0.2, 0.25) is 5.02 Å². The number of benzene rings is 1. The second-order valence-corrected chi connectivity index (χ2v) is 8.07. The Hall–Kier alpha value is -2.49. The smallest absolute Gasteiger partial charge is 0.292 e. The molecule has 0 N–H and O–H groups in total. The fraction of sp³-hybridized carbons (Fsp3) is 0.500. The first-order chi connectivity index (χ1) is 14.5. The molecular weight excluding hydrogens is 408 g/mol. The number of nitro groups is 1. The van der Waals surface area contributed by atoms with E-state index >= 15 is 0 Å². The molecule has 9 nitrogen and oxygen atoms in total. The van der Waals surface area contributed by atoms with Gasteiger partial charge in [-0.2, -0.15) is 9.78 Å².